The number of benzene rings is 1. The van der Waals surface area contributed by atoms with Crippen molar-refractivity contribution >= 4 is 20.6 Å². The number of rotatable bonds is 1. The van der Waals surface area contributed by atoms with Crippen molar-refractivity contribution in [2.75, 3.05) is 0 Å². The summed E-state index contributed by atoms with van der Waals surface area (Å²) in [6.45, 7) is 1.91. The van der Waals surface area contributed by atoms with Crippen LogP contribution in [0.25, 0.3) is 10.1 Å². The molecule has 1 aromatic heterocycles. The first kappa shape index (κ1) is 17.6. The van der Waals surface area contributed by atoms with Crippen molar-refractivity contribution in [2.45, 2.75) is 56.9 Å². The van der Waals surface area contributed by atoms with Gasteiger partial charge in [-0.1, -0.05) is 37.8 Å². The highest BCUT2D eigenvalue weighted by Crippen LogP contribution is 2.55. The first-order valence-corrected chi connectivity index (χ1v) is 8.83. The molecule has 1 unspecified atom stereocenters. The molecule has 1 aliphatic carbocycles. The predicted octanol–water partition coefficient (Wildman–Crippen LogP) is 3.82. The molecular weight excluding hydrogens is 329 g/mol. The second-order valence-electron chi connectivity index (χ2n) is 5.97. The van der Waals surface area contributed by atoms with Gasteiger partial charge in [-0.25, -0.2) is 0 Å². The van der Waals surface area contributed by atoms with Crippen LogP contribution in [0.4, 0.5) is 13.2 Å². The average molecular weight is 349 g/mol. The van der Waals surface area contributed by atoms with E-state index >= 15 is 0 Å². The van der Waals surface area contributed by atoms with E-state index in [1.165, 1.54) is 0 Å². The highest BCUT2D eigenvalue weighted by Gasteiger charge is 2.49. The molecule has 0 bridgehead atoms. The molecule has 1 aliphatic rings. The summed E-state index contributed by atoms with van der Waals surface area (Å²) in [7, 11) is -1.71. The molecule has 1 fully saturated rings. The van der Waals surface area contributed by atoms with Gasteiger partial charge < -0.3 is 12.4 Å². The molecule has 122 valence electrons. The van der Waals surface area contributed by atoms with Crippen molar-refractivity contribution < 1.29 is 25.6 Å². The third-order valence-corrected chi connectivity index (χ3v) is 6.70. The van der Waals surface area contributed by atoms with Gasteiger partial charge in [-0.2, -0.15) is 0 Å². The van der Waals surface area contributed by atoms with E-state index in [4.69, 9.17) is 0 Å². The van der Waals surface area contributed by atoms with Crippen LogP contribution in [0.15, 0.2) is 24.3 Å². The molecule has 0 N–H and O–H groups in total. The Labute approximate surface area is 138 Å². The van der Waals surface area contributed by atoms with Crippen LogP contribution < -0.4 is 12.4 Å². The normalized spacial score (nSPS) is 18.1. The zero-order valence-corrected chi connectivity index (χ0v) is 14.1. The smallest absolute Gasteiger partial charge is 0.600 e. The third kappa shape index (κ3) is 3.28. The number of hydrogen-bond acceptors (Lipinski definition) is 0. The Balaban J connectivity index is 0.00000176. The molecule has 1 heterocycles. The summed E-state index contributed by atoms with van der Waals surface area (Å²) >= 11 is 0. The van der Waals surface area contributed by atoms with Gasteiger partial charge in [0.1, 0.15) is 0 Å². The van der Waals surface area contributed by atoms with Crippen LogP contribution in [0.1, 0.15) is 54.9 Å². The molecule has 5 heteroatoms. The van der Waals surface area contributed by atoms with E-state index in [1.807, 2.05) is 19.1 Å². The lowest BCUT2D eigenvalue weighted by Crippen LogP contribution is -3.00. The van der Waals surface area contributed by atoms with E-state index < -0.39 is 16.0 Å². The van der Waals surface area contributed by atoms with Crippen molar-refractivity contribution in [2.24, 2.45) is 0 Å². The molecule has 1 aromatic carbocycles. The molecule has 0 amide bonds. The molecule has 22 heavy (non-hydrogen) atoms. The minimum Gasteiger partial charge on any atom is -1.00 e. The molecule has 0 nitrogen and oxygen atoms in total. The predicted molar refractivity (Wildman–Crippen MR) is 82.9 cm³/mol. The van der Waals surface area contributed by atoms with Gasteiger partial charge in [0.25, 0.3) is 0 Å². The van der Waals surface area contributed by atoms with Crippen LogP contribution in [-0.4, -0.2) is 0 Å². The summed E-state index contributed by atoms with van der Waals surface area (Å²) in [5.74, 6) is 0.115. The van der Waals surface area contributed by atoms with Gasteiger partial charge in [0.15, 0.2) is 9.58 Å². The number of alkyl halides is 3. The molecule has 0 radical (unpaired) electrons. The summed E-state index contributed by atoms with van der Waals surface area (Å²) in [6, 6.07) is 7.18. The summed E-state index contributed by atoms with van der Waals surface area (Å²) in [5, 5.41) is 0.817. The van der Waals surface area contributed by atoms with E-state index in [-0.39, 0.29) is 18.3 Å². The van der Waals surface area contributed by atoms with Crippen LogP contribution >= 0.6 is 10.5 Å². The number of hydrogen-bond donors (Lipinski definition) is 0. The highest BCUT2D eigenvalue weighted by molar-refractivity contribution is 7.38. The SMILES string of the molecule is Cc1cccc2c1cc(C1CCCCCC1)[s+]2C(F)(F)F.[Cl-]. The van der Waals surface area contributed by atoms with Crippen LogP contribution in [0, 0.1) is 6.92 Å². The quantitative estimate of drug-likeness (QED) is 0.543. The Morgan fingerprint density at radius 3 is 2.27 bits per heavy atom. The van der Waals surface area contributed by atoms with Crippen molar-refractivity contribution in [3.05, 3.63) is 34.7 Å². The molecule has 2 aromatic rings. The van der Waals surface area contributed by atoms with Gasteiger partial charge in [0.05, 0.1) is 10.5 Å². The molecule has 1 saturated carbocycles. The van der Waals surface area contributed by atoms with Crippen molar-refractivity contribution in [3.63, 3.8) is 0 Å². The standard InChI is InChI=1S/C17H20F3S.ClH/c1-12-7-6-10-15-14(12)11-16(21(15)17(18,19)20)13-8-4-2-3-5-9-13;/h6-7,10-11,13H,2-5,8-9H2,1H3;1H/q+1;/p-1. The van der Waals surface area contributed by atoms with Crippen molar-refractivity contribution in [3.8, 4) is 0 Å². The fourth-order valence-electron chi connectivity index (χ4n) is 3.45. The molecule has 0 spiro atoms. The fourth-order valence-corrected chi connectivity index (χ4v) is 5.68. The number of halogens is 4. The minimum absolute atomic E-state index is 0. The summed E-state index contributed by atoms with van der Waals surface area (Å²) < 4.78 is 41.4. The number of fused-ring (bicyclic) bond motifs is 1. The maximum atomic E-state index is 13.6. The number of aryl methyl sites for hydroxylation is 1. The highest BCUT2D eigenvalue weighted by atomic mass is 35.5. The second-order valence-corrected chi connectivity index (χ2v) is 7.96. The van der Waals surface area contributed by atoms with E-state index in [1.54, 1.807) is 12.1 Å². The van der Waals surface area contributed by atoms with Gasteiger partial charge in [-0.05, 0) is 31.4 Å². The van der Waals surface area contributed by atoms with Gasteiger partial charge >= 0.3 is 5.51 Å². The maximum absolute atomic E-state index is 13.6. The van der Waals surface area contributed by atoms with Crippen LogP contribution in [0.2, 0.25) is 0 Å². The van der Waals surface area contributed by atoms with Gasteiger partial charge in [0, 0.05) is 17.4 Å². The monoisotopic (exact) mass is 348 g/mol. The largest absolute Gasteiger partial charge is 1.00 e. The Bertz CT molecular complexity index is 637. The first-order chi connectivity index (χ1) is 9.98. The third-order valence-electron chi connectivity index (χ3n) is 4.52. The second kappa shape index (κ2) is 6.79. The van der Waals surface area contributed by atoms with Crippen LogP contribution in [0.3, 0.4) is 0 Å². The summed E-state index contributed by atoms with van der Waals surface area (Å²) in [5.41, 5.74) is -3.20. The first-order valence-electron chi connectivity index (χ1n) is 7.61. The van der Waals surface area contributed by atoms with E-state index in [2.05, 4.69) is 0 Å². The zero-order chi connectivity index (χ0) is 15.0. The molecule has 3 rings (SSSR count). The lowest BCUT2D eigenvalue weighted by atomic mass is 9.98. The van der Waals surface area contributed by atoms with Crippen molar-refractivity contribution in [1.29, 1.82) is 0 Å². The minimum atomic E-state index is -4.16. The molecule has 0 aliphatic heterocycles. The van der Waals surface area contributed by atoms with E-state index in [0.29, 0.717) is 9.58 Å². The molecular formula is C17H20ClF3S. The fraction of sp³-hybridized carbons (Fsp3) is 0.529. The lowest BCUT2D eigenvalue weighted by molar-refractivity contribution is -0.0868. The molecule has 0 saturated heterocycles. The van der Waals surface area contributed by atoms with Gasteiger partial charge in [-0.15, -0.1) is 13.2 Å². The van der Waals surface area contributed by atoms with Crippen molar-refractivity contribution in [1.82, 2.24) is 0 Å². The Hall–Kier alpha value is -0.740. The van der Waals surface area contributed by atoms with Crippen LogP contribution in [-0.2, 0) is 5.51 Å². The van der Waals surface area contributed by atoms with E-state index in [9.17, 15) is 13.2 Å². The van der Waals surface area contributed by atoms with E-state index in [0.717, 1.165) is 49.5 Å². The zero-order valence-electron chi connectivity index (χ0n) is 12.5. The van der Waals surface area contributed by atoms with Gasteiger partial charge in [-0.3, -0.25) is 0 Å². The Kier molecular flexibility index (Phi) is 5.44. The Morgan fingerprint density at radius 1 is 1.05 bits per heavy atom. The molecule has 1 atom stereocenters. The summed E-state index contributed by atoms with van der Waals surface area (Å²) in [6.07, 6.45) is 6.28. The van der Waals surface area contributed by atoms with Gasteiger partial charge in [0.2, 0.25) is 0 Å². The number of thiophene rings is 1. The summed E-state index contributed by atoms with van der Waals surface area (Å²) in [4.78, 5) is 0.647. The Morgan fingerprint density at radius 2 is 1.68 bits per heavy atom. The van der Waals surface area contributed by atoms with Crippen LogP contribution in [0.5, 0.6) is 0 Å². The topological polar surface area (TPSA) is 0 Å². The average Bonchev–Trinajstić information content (AvgIpc) is 2.63. The lowest BCUT2D eigenvalue weighted by Gasteiger charge is -2.10. The maximum Gasteiger partial charge on any atom is 0.600 e.